The lowest BCUT2D eigenvalue weighted by molar-refractivity contribution is -0.135. The number of nitrogens with one attached hydrogen (secondary N) is 1. The number of halogens is 1. The number of hydrogen-bond donors (Lipinski definition) is 2. The minimum absolute atomic E-state index is 0. The van der Waals surface area contributed by atoms with E-state index in [0.717, 1.165) is 38.6 Å². The summed E-state index contributed by atoms with van der Waals surface area (Å²) in [5.74, 6) is 0.491. The number of carbonyl (C=O) groups is 2. The fraction of sp³-hybridized carbons (Fsp3) is 0.895. The Kier molecular flexibility index (Phi) is 9.72. The van der Waals surface area contributed by atoms with Crippen LogP contribution in [0.4, 0.5) is 4.79 Å². The third kappa shape index (κ3) is 6.62. The highest BCUT2D eigenvalue weighted by Gasteiger charge is 2.31. The molecule has 7 heteroatoms. The number of piperidine rings is 1. The van der Waals surface area contributed by atoms with Crippen molar-refractivity contribution in [3.8, 4) is 0 Å². The molecule has 2 atom stereocenters. The topological polar surface area (TPSA) is 78.7 Å². The molecule has 0 aromatic carbocycles. The Morgan fingerprint density at radius 3 is 2.46 bits per heavy atom. The van der Waals surface area contributed by atoms with E-state index in [1.165, 1.54) is 12.8 Å². The molecule has 6 nitrogen and oxygen atoms in total. The van der Waals surface area contributed by atoms with E-state index in [2.05, 4.69) is 19.2 Å². The lowest BCUT2D eigenvalue weighted by Crippen LogP contribution is -2.51. The summed E-state index contributed by atoms with van der Waals surface area (Å²) in [4.78, 5) is 28.8. The molecule has 2 fully saturated rings. The highest BCUT2D eigenvalue weighted by atomic mass is 35.5. The Hall–Kier alpha value is -1.01. The summed E-state index contributed by atoms with van der Waals surface area (Å²) >= 11 is 0. The summed E-state index contributed by atoms with van der Waals surface area (Å²) < 4.78 is 0. The van der Waals surface area contributed by atoms with Gasteiger partial charge >= 0.3 is 6.03 Å². The van der Waals surface area contributed by atoms with Crippen molar-refractivity contribution < 1.29 is 9.59 Å². The number of carbonyl (C=O) groups excluding carboxylic acids is 2. The normalized spacial score (nSPS) is 22.0. The molecule has 0 bridgehead atoms. The van der Waals surface area contributed by atoms with E-state index in [1.54, 1.807) is 4.90 Å². The van der Waals surface area contributed by atoms with Gasteiger partial charge in [0.05, 0.1) is 5.92 Å². The fourth-order valence-electron chi connectivity index (χ4n) is 3.80. The van der Waals surface area contributed by atoms with Crippen molar-refractivity contribution in [2.75, 3.05) is 26.7 Å². The second kappa shape index (κ2) is 11.0. The highest BCUT2D eigenvalue weighted by Crippen LogP contribution is 2.21. The average molecular weight is 389 g/mol. The SMILES string of the molecule is CC(C)C(N)CCN(C)C(=O)C1CCCN(C(=O)NC2CCCC2)C1.Cl. The van der Waals surface area contributed by atoms with E-state index in [4.69, 9.17) is 5.73 Å². The van der Waals surface area contributed by atoms with E-state index in [0.29, 0.717) is 25.0 Å². The summed E-state index contributed by atoms with van der Waals surface area (Å²) in [7, 11) is 1.85. The van der Waals surface area contributed by atoms with E-state index in [1.807, 2.05) is 11.9 Å². The molecule has 0 aromatic heterocycles. The second-order valence-electron chi connectivity index (χ2n) is 8.17. The molecule has 2 rings (SSSR count). The zero-order chi connectivity index (χ0) is 18.4. The first-order chi connectivity index (χ1) is 11.9. The molecule has 1 aliphatic heterocycles. The van der Waals surface area contributed by atoms with Gasteiger partial charge in [-0.1, -0.05) is 26.7 Å². The standard InChI is InChI=1S/C19H36N4O2.ClH/c1-14(2)17(20)10-12-22(3)18(24)15-7-6-11-23(13-15)19(25)21-16-8-4-5-9-16;/h14-17H,4-13,20H2,1-3H3,(H,21,25);1H. The van der Waals surface area contributed by atoms with Gasteiger partial charge in [-0.3, -0.25) is 4.79 Å². The van der Waals surface area contributed by atoms with Crippen LogP contribution in [0.3, 0.4) is 0 Å². The number of hydrogen-bond acceptors (Lipinski definition) is 3. The third-order valence-electron chi connectivity index (χ3n) is 5.77. The predicted octanol–water partition coefficient (Wildman–Crippen LogP) is 2.60. The minimum Gasteiger partial charge on any atom is -0.345 e. The Balaban J connectivity index is 0.00000338. The summed E-state index contributed by atoms with van der Waals surface area (Å²) in [6.45, 7) is 6.19. The van der Waals surface area contributed by atoms with Gasteiger partial charge in [0.2, 0.25) is 5.91 Å². The molecule has 3 N–H and O–H groups in total. The van der Waals surface area contributed by atoms with E-state index in [9.17, 15) is 9.59 Å². The van der Waals surface area contributed by atoms with E-state index >= 15 is 0 Å². The maximum absolute atomic E-state index is 12.7. The van der Waals surface area contributed by atoms with Crippen molar-refractivity contribution in [2.24, 2.45) is 17.6 Å². The maximum Gasteiger partial charge on any atom is 0.317 e. The van der Waals surface area contributed by atoms with Crippen LogP contribution in [-0.4, -0.2) is 60.5 Å². The van der Waals surface area contributed by atoms with Gasteiger partial charge in [0.25, 0.3) is 0 Å². The van der Waals surface area contributed by atoms with Crippen LogP contribution in [0, 0.1) is 11.8 Å². The quantitative estimate of drug-likeness (QED) is 0.734. The number of urea groups is 1. The van der Waals surface area contributed by atoms with Crippen molar-refractivity contribution in [1.29, 1.82) is 0 Å². The summed E-state index contributed by atoms with van der Waals surface area (Å²) in [5.41, 5.74) is 6.08. The number of rotatable bonds is 6. The monoisotopic (exact) mass is 388 g/mol. The van der Waals surface area contributed by atoms with E-state index in [-0.39, 0.29) is 36.3 Å². The Morgan fingerprint density at radius 1 is 1.19 bits per heavy atom. The molecule has 1 saturated carbocycles. The van der Waals surface area contributed by atoms with Gasteiger partial charge in [-0.25, -0.2) is 4.79 Å². The predicted molar refractivity (Wildman–Crippen MR) is 107 cm³/mol. The van der Waals surface area contributed by atoms with Crippen molar-refractivity contribution in [3.05, 3.63) is 0 Å². The number of amides is 3. The van der Waals surface area contributed by atoms with Crippen molar-refractivity contribution in [1.82, 2.24) is 15.1 Å². The Morgan fingerprint density at radius 2 is 1.85 bits per heavy atom. The molecule has 1 aliphatic carbocycles. The zero-order valence-electron chi connectivity index (χ0n) is 16.6. The van der Waals surface area contributed by atoms with Crippen molar-refractivity contribution in [3.63, 3.8) is 0 Å². The number of likely N-dealkylation sites (tertiary alicyclic amines) is 1. The van der Waals surface area contributed by atoms with Gasteiger partial charge in [-0.15, -0.1) is 12.4 Å². The van der Waals surface area contributed by atoms with Crippen LogP contribution in [0.15, 0.2) is 0 Å². The Labute approximate surface area is 164 Å². The lowest BCUT2D eigenvalue weighted by Gasteiger charge is -2.35. The fourth-order valence-corrected chi connectivity index (χ4v) is 3.80. The number of nitrogens with zero attached hydrogens (tertiary/aromatic N) is 2. The Bertz CT molecular complexity index is 455. The van der Waals surface area contributed by atoms with Crippen LogP contribution >= 0.6 is 12.4 Å². The van der Waals surface area contributed by atoms with Crippen LogP contribution in [0.25, 0.3) is 0 Å². The molecule has 2 aliphatic rings. The van der Waals surface area contributed by atoms with Gasteiger partial charge in [-0.2, -0.15) is 0 Å². The highest BCUT2D eigenvalue weighted by molar-refractivity contribution is 5.85. The van der Waals surface area contributed by atoms with Crippen LogP contribution in [0.1, 0.15) is 58.8 Å². The lowest BCUT2D eigenvalue weighted by atomic mass is 9.96. The van der Waals surface area contributed by atoms with E-state index < -0.39 is 0 Å². The van der Waals surface area contributed by atoms with Gasteiger partial charge in [0.15, 0.2) is 0 Å². The van der Waals surface area contributed by atoms with Crippen LogP contribution in [0.2, 0.25) is 0 Å². The number of nitrogens with two attached hydrogens (primary N) is 1. The smallest absolute Gasteiger partial charge is 0.317 e. The molecule has 0 spiro atoms. The van der Waals surface area contributed by atoms with Crippen molar-refractivity contribution in [2.45, 2.75) is 70.9 Å². The molecule has 0 aromatic rings. The summed E-state index contributed by atoms with van der Waals surface area (Å²) in [6, 6.07) is 0.452. The first-order valence-corrected chi connectivity index (χ1v) is 9.94. The van der Waals surface area contributed by atoms with Gasteiger partial charge in [0, 0.05) is 38.8 Å². The van der Waals surface area contributed by atoms with Crippen LogP contribution < -0.4 is 11.1 Å². The van der Waals surface area contributed by atoms with Crippen LogP contribution in [0.5, 0.6) is 0 Å². The molecule has 152 valence electrons. The van der Waals surface area contributed by atoms with Gasteiger partial charge in [0.1, 0.15) is 0 Å². The first-order valence-electron chi connectivity index (χ1n) is 9.94. The minimum atomic E-state index is -0.0802. The van der Waals surface area contributed by atoms with Crippen LogP contribution in [-0.2, 0) is 4.79 Å². The maximum atomic E-state index is 12.7. The van der Waals surface area contributed by atoms with Gasteiger partial charge in [-0.05, 0) is 38.0 Å². The zero-order valence-corrected chi connectivity index (χ0v) is 17.4. The molecule has 3 amide bonds. The molecule has 2 unspecified atom stereocenters. The molecular formula is C19H37ClN4O2. The summed E-state index contributed by atoms with van der Waals surface area (Å²) in [5, 5.41) is 3.14. The summed E-state index contributed by atoms with van der Waals surface area (Å²) in [6.07, 6.45) is 7.16. The average Bonchev–Trinajstić information content (AvgIpc) is 3.11. The van der Waals surface area contributed by atoms with Gasteiger partial charge < -0.3 is 20.9 Å². The van der Waals surface area contributed by atoms with Crippen molar-refractivity contribution >= 4 is 24.3 Å². The molecule has 1 saturated heterocycles. The molecular weight excluding hydrogens is 352 g/mol. The second-order valence-corrected chi connectivity index (χ2v) is 8.17. The third-order valence-corrected chi connectivity index (χ3v) is 5.77. The molecule has 26 heavy (non-hydrogen) atoms. The molecule has 0 radical (unpaired) electrons. The largest absolute Gasteiger partial charge is 0.345 e. The first kappa shape index (κ1) is 23.0. The molecule has 1 heterocycles.